The molecular formula is C18H13ClF2N2O4S2. The van der Waals surface area contributed by atoms with E-state index < -0.39 is 36.6 Å². The van der Waals surface area contributed by atoms with Crippen LogP contribution in [-0.4, -0.2) is 16.8 Å². The quantitative estimate of drug-likeness (QED) is 0.578. The standard InChI is InChI=1S/C18H13ClF2N2O4S2/c19-15-3-1-2-4-18(15)29(26,27)23-13-7-5-12(6-8-13)22-28(24,25)14-9-10-16(20)17(21)11-14/h1-11,22-23H. The Bertz CT molecular complexity index is 1270. The fourth-order valence-corrected chi connectivity index (χ4v) is 4.99. The largest absolute Gasteiger partial charge is 0.280 e. The highest BCUT2D eigenvalue weighted by atomic mass is 35.5. The number of hydrogen-bond donors (Lipinski definition) is 2. The third kappa shape index (κ3) is 4.84. The highest BCUT2D eigenvalue weighted by molar-refractivity contribution is 7.93. The molecule has 0 fully saturated rings. The van der Waals surface area contributed by atoms with Gasteiger partial charge in [-0.25, -0.2) is 25.6 Å². The van der Waals surface area contributed by atoms with Crippen molar-refractivity contribution < 1.29 is 25.6 Å². The van der Waals surface area contributed by atoms with Gasteiger partial charge in [-0.05, 0) is 54.6 Å². The molecule has 0 bridgehead atoms. The second-order valence-electron chi connectivity index (χ2n) is 5.79. The Morgan fingerprint density at radius 2 is 1.24 bits per heavy atom. The summed E-state index contributed by atoms with van der Waals surface area (Å²) in [5.41, 5.74) is 0.260. The summed E-state index contributed by atoms with van der Waals surface area (Å²) in [4.78, 5) is -0.565. The number of rotatable bonds is 6. The number of nitrogens with one attached hydrogen (secondary N) is 2. The molecule has 0 unspecified atom stereocenters. The molecule has 0 aliphatic rings. The van der Waals surface area contributed by atoms with E-state index in [-0.39, 0.29) is 21.3 Å². The topological polar surface area (TPSA) is 92.3 Å². The lowest BCUT2D eigenvalue weighted by Crippen LogP contribution is -2.14. The van der Waals surface area contributed by atoms with E-state index in [1.807, 2.05) is 0 Å². The third-order valence-corrected chi connectivity index (χ3v) is 6.98. The molecule has 0 amide bonds. The van der Waals surface area contributed by atoms with Gasteiger partial charge in [-0.1, -0.05) is 23.7 Å². The first-order valence-corrected chi connectivity index (χ1v) is 11.3. The molecule has 0 aliphatic carbocycles. The van der Waals surface area contributed by atoms with Crippen LogP contribution in [0.5, 0.6) is 0 Å². The van der Waals surface area contributed by atoms with Crippen LogP contribution >= 0.6 is 11.6 Å². The average Bonchev–Trinajstić information content (AvgIpc) is 2.65. The predicted molar refractivity (Wildman–Crippen MR) is 106 cm³/mol. The highest BCUT2D eigenvalue weighted by Gasteiger charge is 2.19. The van der Waals surface area contributed by atoms with Crippen molar-refractivity contribution in [2.75, 3.05) is 9.44 Å². The summed E-state index contributed by atoms with van der Waals surface area (Å²) < 4.78 is 80.2. The van der Waals surface area contributed by atoms with Crippen molar-refractivity contribution >= 4 is 43.0 Å². The Morgan fingerprint density at radius 3 is 1.79 bits per heavy atom. The molecule has 11 heteroatoms. The van der Waals surface area contributed by atoms with Gasteiger partial charge in [0.25, 0.3) is 20.0 Å². The summed E-state index contributed by atoms with van der Waals surface area (Å²) >= 11 is 5.91. The molecule has 0 radical (unpaired) electrons. The lowest BCUT2D eigenvalue weighted by molar-refractivity contribution is 0.504. The number of halogens is 3. The molecule has 3 aromatic carbocycles. The van der Waals surface area contributed by atoms with Gasteiger partial charge in [-0.2, -0.15) is 0 Å². The Morgan fingerprint density at radius 1 is 0.690 bits per heavy atom. The van der Waals surface area contributed by atoms with Gasteiger partial charge in [0.05, 0.1) is 9.92 Å². The summed E-state index contributed by atoms with van der Waals surface area (Å²) in [6.07, 6.45) is 0. The Kier molecular flexibility index (Phi) is 5.78. The van der Waals surface area contributed by atoms with Crippen LogP contribution in [0.25, 0.3) is 0 Å². The minimum Gasteiger partial charge on any atom is -0.280 e. The van der Waals surface area contributed by atoms with Crippen molar-refractivity contribution in [2.24, 2.45) is 0 Å². The van der Waals surface area contributed by atoms with E-state index in [2.05, 4.69) is 9.44 Å². The lowest BCUT2D eigenvalue weighted by Gasteiger charge is -2.11. The van der Waals surface area contributed by atoms with Gasteiger partial charge in [0, 0.05) is 11.4 Å². The van der Waals surface area contributed by atoms with Gasteiger partial charge in [-0.15, -0.1) is 0 Å². The van der Waals surface area contributed by atoms with Crippen molar-refractivity contribution in [2.45, 2.75) is 9.79 Å². The Hall–Kier alpha value is -2.69. The van der Waals surface area contributed by atoms with Crippen LogP contribution in [0.1, 0.15) is 0 Å². The number of anilines is 2. The zero-order valence-electron chi connectivity index (χ0n) is 14.4. The summed E-state index contributed by atoms with van der Waals surface area (Å²) in [6.45, 7) is 0. The van der Waals surface area contributed by atoms with Crippen LogP contribution < -0.4 is 9.44 Å². The van der Waals surface area contributed by atoms with E-state index in [0.717, 1.165) is 6.07 Å². The Labute approximate surface area is 171 Å². The zero-order valence-corrected chi connectivity index (χ0v) is 16.8. The van der Waals surface area contributed by atoms with Crippen molar-refractivity contribution in [1.29, 1.82) is 0 Å². The highest BCUT2D eigenvalue weighted by Crippen LogP contribution is 2.25. The van der Waals surface area contributed by atoms with Gasteiger partial charge in [0.2, 0.25) is 0 Å². The minimum atomic E-state index is -4.16. The molecule has 6 nitrogen and oxygen atoms in total. The fraction of sp³-hybridized carbons (Fsp3) is 0. The lowest BCUT2D eigenvalue weighted by atomic mass is 10.3. The summed E-state index contributed by atoms with van der Waals surface area (Å²) in [7, 11) is -8.10. The van der Waals surface area contributed by atoms with E-state index >= 15 is 0 Å². The molecule has 0 aromatic heterocycles. The first-order chi connectivity index (χ1) is 13.6. The Balaban J connectivity index is 1.78. The second kappa shape index (κ2) is 7.97. The van der Waals surface area contributed by atoms with Crippen LogP contribution in [0.15, 0.2) is 76.5 Å². The maximum atomic E-state index is 13.3. The average molecular weight is 459 g/mol. The molecular weight excluding hydrogens is 446 g/mol. The van der Waals surface area contributed by atoms with E-state index in [4.69, 9.17) is 11.6 Å². The third-order valence-electron chi connectivity index (χ3n) is 3.72. The van der Waals surface area contributed by atoms with Crippen molar-refractivity contribution in [1.82, 2.24) is 0 Å². The number of benzene rings is 3. The summed E-state index contributed by atoms with van der Waals surface area (Å²) in [6, 6.07) is 13.4. The fourth-order valence-electron chi connectivity index (χ4n) is 2.34. The maximum absolute atomic E-state index is 13.3. The smallest absolute Gasteiger partial charge is 0.263 e. The first kappa shape index (κ1) is 21.0. The SMILES string of the molecule is O=S(=O)(Nc1ccc(NS(=O)(=O)c2ccccc2Cl)cc1)c1ccc(F)c(F)c1. The van der Waals surface area contributed by atoms with Crippen LogP contribution in [0, 0.1) is 11.6 Å². The normalized spacial score (nSPS) is 11.8. The molecule has 2 N–H and O–H groups in total. The van der Waals surface area contributed by atoms with E-state index in [1.54, 1.807) is 6.07 Å². The van der Waals surface area contributed by atoms with Gasteiger partial charge < -0.3 is 0 Å². The molecule has 3 aromatic rings. The molecule has 0 saturated carbocycles. The van der Waals surface area contributed by atoms with Crippen LogP contribution in [-0.2, 0) is 20.0 Å². The summed E-state index contributed by atoms with van der Waals surface area (Å²) in [5.74, 6) is -2.46. The van der Waals surface area contributed by atoms with Crippen LogP contribution in [0.4, 0.5) is 20.2 Å². The first-order valence-electron chi connectivity index (χ1n) is 7.94. The maximum Gasteiger partial charge on any atom is 0.263 e. The monoisotopic (exact) mass is 458 g/mol. The molecule has 29 heavy (non-hydrogen) atoms. The van der Waals surface area contributed by atoms with Gasteiger partial charge in [-0.3, -0.25) is 9.44 Å². The van der Waals surface area contributed by atoms with Gasteiger partial charge in [0.15, 0.2) is 11.6 Å². The van der Waals surface area contributed by atoms with E-state index in [9.17, 15) is 25.6 Å². The second-order valence-corrected chi connectivity index (χ2v) is 9.54. The van der Waals surface area contributed by atoms with Crippen LogP contribution in [0.2, 0.25) is 5.02 Å². The molecule has 0 saturated heterocycles. The van der Waals surface area contributed by atoms with Gasteiger partial charge in [0.1, 0.15) is 4.90 Å². The molecule has 0 aliphatic heterocycles. The van der Waals surface area contributed by atoms with Crippen molar-refractivity contribution in [3.8, 4) is 0 Å². The van der Waals surface area contributed by atoms with Crippen molar-refractivity contribution in [3.63, 3.8) is 0 Å². The molecule has 3 rings (SSSR count). The molecule has 0 heterocycles. The molecule has 0 spiro atoms. The molecule has 0 atom stereocenters. The minimum absolute atomic E-state index is 0.0518. The van der Waals surface area contributed by atoms with Crippen molar-refractivity contribution in [3.05, 3.63) is 83.4 Å². The van der Waals surface area contributed by atoms with Gasteiger partial charge >= 0.3 is 0 Å². The number of sulfonamides is 2. The summed E-state index contributed by atoms with van der Waals surface area (Å²) in [5, 5.41) is 0.0518. The van der Waals surface area contributed by atoms with Crippen LogP contribution in [0.3, 0.4) is 0 Å². The predicted octanol–water partition coefficient (Wildman–Crippen LogP) is 4.22. The van der Waals surface area contributed by atoms with E-state index in [1.165, 1.54) is 42.5 Å². The zero-order chi connectivity index (χ0) is 21.2. The number of hydrogen-bond acceptors (Lipinski definition) is 4. The molecule has 152 valence electrons. The van der Waals surface area contributed by atoms with E-state index in [0.29, 0.717) is 12.1 Å².